The van der Waals surface area contributed by atoms with E-state index in [9.17, 15) is 36.2 Å². The lowest BCUT2D eigenvalue weighted by molar-refractivity contribution is -0.136. The molecule has 0 saturated carbocycles. The third-order valence-electron chi connectivity index (χ3n) is 5.33. The molecule has 3 heterocycles. The summed E-state index contributed by atoms with van der Waals surface area (Å²) in [5, 5.41) is 8.56. The first-order valence-electron chi connectivity index (χ1n) is 10.2. The maximum Gasteiger partial charge on any atom is 0.449 e. The van der Waals surface area contributed by atoms with E-state index in [-0.39, 0.29) is 24.3 Å². The van der Waals surface area contributed by atoms with Crippen molar-refractivity contribution in [1.82, 2.24) is 9.88 Å². The minimum absolute atomic E-state index is 0.0148. The van der Waals surface area contributed by atoms with Gasteiger partial charge in [-0.15, -0.1) is 0 Å². The molecule has 4 rings (SSSR count). The van der Waals surface area contributed by atoms with Crippen molar-refractivity contribution in [3.05, 3.63) is 47.7 Å². The summed E-state index contributed by atoms with van der Waals surface area (Å²) in [5.41, 5.74) is -3.15. The number of aliphatic imine (C=N–C) groups is 1. The molecule has 0 radical (unpaired) electrons. The van der Waals surface area contributed by atoms with Gasteiger partial charge in [0.1, 0.15) is 5.69 Å². The number of aromatic carboxylic acids is 1. The largest absolute Gasteiger partial charge is 0.475 e. The molecule has 0 aliphatic carbocycles. The van der Waals surface area contributed by atoms with Gasteiger partial charge in [0, 0.05) is 18.7 Å². The average Bonchev–Trinajstić information content (AvgIpc) is 3.15. The average molecular weight is 485 g/mol. The van der Waals surface area contributed by atoms with Gasteiger partial charge in [-0.05, 0) is 25.3 Å². The molecule has 1 fully saturated rings. The third kappa shape index (κ3) is 4.57. The number of amidine groups is 1. The van der Waals surface area contributed by atoms with Gasteiger partial charge in [-0.1, -0.05) is 30.3 Å². The van der Waals surface area contributed by atoms with Crippen molar-refractivity contribution in [2.75, 3.05) is 13.1 Å². The van der Waals surface area contributed by atoms with Gasteiger partial charge in [0.05, 0.1) is 16.6 Å². The number of aromatic nitrogens is 1. The van der Waals surface area contributed by atoms with Crippen LogP contribution in [0.15, 0.2) is 45.8 Å². The number of fused-ring (bicyclic) bond motifs is 1. The molecule has 1 N–H and O–H groups in total. The number of pyridine rings is 1. The molecule has 0 bridgehead atoms. The second kappa shape index (κ2) is 8.65. The zero-order valence-corrected chi connectivity index (χ0v) is 17.4. The highest BCUT2D eigenvalue weighted by Gasteiger charge is 2.43. The molecular weight excluding hydrogens is 468 g/mol. The Labute approximate surface area is 188 Å². The van der Waals surface area contributed by atoms with Gasteiger partial charge in [-0.25, -0.2) is 14.8 Å². The summed E-state index contributed by atoms with van der Waals surface area (Å²) in [6.07, 6.45) is -8.53. The predicted molar refractivity (Wildman–Crippen MR) is 110 cm³/mol. The second-order valence-electron chi connectivity index (χ2n) is 7.66. The molecule has 180 valence electrons. The predicted octanol–water partition coefficient (Wildman–Crippen LogP) is 6.29. The summed E-state index contributed by atoms with van der Waals surface area (Å²) in [4.78, 5) is 20.1. The molecule has 0 unspecified atom stereocenters. The number of hydrogen-bond acceptors (Lipinski definition) is 4. The van der Waals surface area contributed by atoms with Crippen molar-refractivity contribution >= 4 is 28.6 Å². The number of furan rings is 1. The lowest BCUT2D eigenvalue weighted by Crippen LogP contribution is -2.43. The van der Waals surface area contributed by atoms with Crippen molar-refractivity contribution in [1.29, 1.82) is 0 Å². The Hall–Kier alpha value is -3.57. The lowest BCUT2D eigenvalue weighted by Gasteiger charge is -2.30. The van der Waals surface area contributed by atoms with E-state index >= 15 is 0 Å². The molecule has 12 heteroatoms. The molecule has 0 atom stereocenters. The van der Waals surface area contributed by atoms with E-state index in [1.807, 2.05) is 0 Å². The van der Waals surface area contributed by atoms with E-state index in [1.165, 1.54) is 12.1 Å². The van der Waals surface area contributed by atoms with Crippen molar-refractivity contribution in [3.63, 3.8) is 0 Å². The smallest absolute Gasteiger partial charge is 0.449 e. The first-order chi connectivity index (χ1) is 16.0. The number of piperidine rings is 1. The molecule has 0 spiro atoms. The van der Waals surface area contributed by atoms with Crippen molar-refractivity contribution < 1.29 is 40.7 Å². The zero-order chi connectivity index (χ0) is 24.7. The summed E-state index contributed by atoms with van der Waals surface area (Å²) >= 11 is 0. The van der Waals surface area contributed by atoms with E-state index < -0.39 is 52.3 Å². The molecule has 0 amide bonds. The molecule has 1 saturated heterocycles. The summed E-state index contributed by atoms with van der Waals surface area (Å²) in [5.74, 6) is -4.50. The number of carboxylic acid groups (broad SMARTS) is 1. The van der Waals surface area contributed by atoms with Crippen LogP contribution in [0.3, 0.4) is 0 Å². The van der Waals surface area contributed by atoms with Crippen molar-refractivity contribution in [2.45, 2.75) is 31.6 Å². The van der Waals surface area contributed by atoms with Crippen LogP contribution in [0, 0.1) is 0 Å². The van der Waals surface area contributed by atoms with Gasteiger partial charge in [0.25, 0.3) is 0 Å². The Bertz CT molecular complexity index is 1240. The number of halogens is 6. The Morgan fingerprint density at radius 2 is 1.68 bits per heavy atom. The SMILES string of the molecule is O=C(O)c1oc2nc(-c3ccccc3)cc(C(F)(F)F)c2c1N=C(N1CCCCC1)C(F)(F)F. The molecule has 1 aliphatic rings. The molecule has 1 aliphatic heterocycles. The third-order valence-corrected chi connectivity index (χ3v) is 5.33. The van der Waals surface area contributed by atoms with Gasteiger partial charge in [0.2, 0.25) is 17.3 Å². The van der Waals surface area contributed by atoms with E-state index in [0.717, 1.165) is 4.90 Å². The molecule has 34 heavy (non-hydrogen) atoms. The maximum atomic E-state index is 14.0. The fourth-order valence-electron chi connectivity index (χ4n) is 3.84. The van der Waals surface area contributed by atoms with Crippen LogP contribution in [-0.4, -0.2) is 46.1 Å². The fraction of sp³-hybridized carbons (Fsp3) is 0.318. The van der Waals surface area contributed by atoms with E-state index in [2.05, 4.69) is 9.98 Å². The fourth-order valence-corrected chi connectivity index (χ4v) is 3.84. The van der Waals surface area contributed by atoms with Gasteiger partial charge < -0.3 is 14.4 Å². The van der Waals surface area contributed by atoms with Crippen LogP contribution in [0.5, 0.6) is 0 Å². The lowest BCUT2D eigenvalue weighted by atomic mass is 10.1. The summed E-state index contributed by atoms with van der Waals surface area (Å²) < 4.78 is 88.7. The molecule has 6 nitrogen and oxygen atoms in total. The van der Waals surface area contributed by atoms with Crippen LogP contribution in [-0.2, 0) is 6.18 Å². The van der Waals surface area contributed by atoms with E-state index in [1.54, 1.807) is 18.2 Å². The number of carboxylic acids is 1. The number of carbonyl (C=O) groups is 1. The number of benzene rings is 1. The Kier molecular flexibility index (Phi) is 6.00. The maximum absolute atomic E-state index is 14.0. The minimum Gasteiger partial charge on any atom is -0.475 e. The molecule has 3 aromatic rings. The number of nitrogens with zero attached hydrogens (tertiary/aromatic N) is 3. The van der Waals surface area contributed by atoms with Crippen LogP contribution >= 0.6 is 0 Å². The molecule has 2 aromatic heterocycles. The topological polar surface area (TPSA) is 78.9 Å². The van der Waals surface area contributed by atoms with E-state index in [0.29, 0.717) is 25.3 Å². The second-order valence-corrected chi connectivity index (χ2v) is 7.66. The summed E-state index contributed by atoms with van der Waals surface area (Å²) in [6, 6.07) is 8.35. The first kappa shape index (κ1) is 23.6. The Morgan fingerprint density at radius 1 is 1.03 bits per heavy atom. The van der Waals surface area contributed by atoms with Gasteiger partial charge >= 0.3 is 18.3 Å². The molecular formula is C22H17F6N3O3. The van der Waals surface area contributed by atoms with Gasteiger partial charge in [-0.2, -0.15) is 26.3 Å². The zero-order valence-electron chi connectivity index (χ0n) is 17.4. The Morgan fingerprint density at radius 3 is 2.24 bits per heavy atom. The van der Waals surface area contributed by atoms with Crippen molar-refractivity contribution in [3.8, 4) is 11.3 Å². The number of hydrogen-bond donors (Lipinski definition) is 1. The van der Waals surface area contributed by atoms with E-state index in [4.69, 9.17) is 4.42 Å². The van der Waals surface area contributed by atoms with Crippen molar-refractivity contribution in [2.24, 2.45) is 4.99 Å². The highest BCUT2D eigenvalue weighted by Crippen LogP contribution is 2.44. The van der Waals surface area contributed by atoms with Crippen LogP contribution < -0.4 is 0 Å². The van der Waals surface area contributed by atoms with Gasteiger partial charge in [0.15, 0.2) is 0 Å². The van der Waals surface area contributed by atoms with Gasteiger partial charge in [-0.3, -0.25) is 0 Å². The summed E-state index contributed by atoms with van der Waals surface area (Å²) in [6.45, 7) is -0.0296. The standard InChI is InChI=1S/C22H17F6N3O3/c23-21(24,25)13-11-14(12-7-3-1-4-8-12)29-18-15(13)16(17(34-18)19(32)33)30-20(22(26,27)28)31-9-5-2-6-10-31/h1,3-4,7-8,11H,2,5-6,9-10H2,(H,32,33). The Balaban J connectivity index is 2.03. The van der Waals surface area contributed by atoms with Crippen LogP contribution in [0.4, 0.5) is 32.0 Å². The van der Waals surface area contributed by atoms with Crippen LogP contribution in [0.1, 0.15) is 35.4 Å². The number of alkyl halides is 6. The normalized spacial score (nSPS) is 15.7. The number of rotatable bonds is 3. The summed E-state index contributed by atoms with van der Waals surface area (Å²) in [7, 11) is 0. The monoisotopic (exact) mass is 485 g/mol. The minimum atomic E-state index is -5.06. The first-order valence-corrected chi connectivity index (χ1v) is 10.2. The highest BCUT2D eigenvalue weighted by molar-refractivity contribution is 6.06. The number of likely N-dealkylation sites (tertiary alicyclic amines) is 1. The quantitative estimate of drug-likeness (QED) is 0.268. The van der Waals surface area contributed by atoms with Crippen LogP contribution in [0.25, 0.3) is 22.4 Å². The van der Waals surface area contributed by atoms with Crippen LogP contribution in [0.2, 0.25) is 0 Å². The molecule has 1 aromatic carbocycles. The highest BCUT2D eigenvalue weighted by atomic mass is 19.4.